The van der Waals surface area contributed by atoms with Gasteiger partial charge in [0.2, 0.25) is 5.91 Å². The summed E-state index contributed by atoms with van der Waals surface area (Å²) in [7, 11) is 0. The lowest BCUT2D eigenvalue weighted by Crippen LogP contribution is -2.52. The van der Waals surface area contributed by atoms with Crippen LogP contribution in [0.3, 0.4) is 0 Å². The molecule has 1 aromatic rings. The van der Waals surface area contributed by atoms with Crippen LogP contribution in [0.2, 0.25) is 0 Å². The van der Waals surface area contributed by atoms with E-state index < -0.39 is 5.54 Å². The molecular formula is C11H12BrNO2. The Morgan fingerprint density at radius 3 is 2.67 bits per heavy atom. The lowest BCUT2D eigenvalue weighted by molar-refractivity contribution is -0.135. The zero-order valence-corrected chi connectivity index (χ0v) is 10.0. The highest BCUT2D eigenvalue weighted by Gasteiger charge is 2.32. The van der Waals surface area contributed by atoms with Gasteiger partial charge >= 0.3 is 0 Å². The lowest BCUT2D eigenvalue weighted by Gasteiger charge is -2.34. The molecule has 3 nitrogen and oxygen atoms in total. The van der Waals surface area contributed by atoms with Crippen LogP contribution >= 0.6 is 15.9 Å². The molecule has 4 heteroatoms. The number of amides is 1. The number of ether oxygens (including phenoxy) is 1. The normalized spacial score (nSPS) is 26.1. The van der Waals surface area contributed by atoms with Crippen molar-refractivity contribution in [3.63, 3.8) is 0 Å². The van der Waals surface area contributed by atoms with Crippen molar-refractivity contribution in [1.29, 1.82) is 0 Å². The molecule has 1 aromatic carbocycles. The van der Waals surface area contributed by atoms with E-state index in [1.54, 1.807) is 0 Å². The fourth-order valence-corrected chi connectivity index (χ4v) is 1.97. The van der Waals surface area contributed by atoms with Gasteiger partial charge in [0.25, 0.3) is 0 Å². The lowest BCUT2D eigenvalue weighted by atomic mass is 9.92. The van der Waals surface area contributed by atoms with Gasteiger partial charge in [-0.25, -0.2) is 0 Å². The minimum atomic E-state index is -0.407. The molecule has 1 saturated heterocycles. The highest BCUT2D eigenvalue weighted by atomic mass is 79.9. The quantitative estimate of drug-likeness (QED) is 0.845. The summed E-state index contributed by atoms with van der Waals surface area (Å²) >= 11 is 3.38. The molecular weight excluding hydrogens is 258 g/mol. The van der Waals surface area contributed by atoms with Gasteiger partial charge in [0.15, 0.2) is 0 Å². The number of carbonyl (C=O) groups is 1. The fourth-order valence-electron chi connectivity index (χ4n) is 1.70. The van der Waals surface area contributed by atoms with Gasteiger partial charge < -0.3 is 10.1 Å². The zero-order valence-electron chi connectivity index (χ0n) is 8.42. The summed E-state index contributed by atoms with van der Waals surface area (Å²) in [5.74, 6) is -0.0633. The average Bonchev–Trinajstić information content (AvgIpc) is 2.18. The Balaban J connectivity index is 2.28. The number of hydrogen-bond donors (Lipinski definition) is 1. The molecule has 1 atom stereocenters. The highest BCUT2D eigenvalue weighted by molar-refractivity contribution is 9.10. The zero-order chi connectivity index (χ0) is 10.9. The van der Waals surface area contributed by atoms with Crippen LogP contribution in [0, 0.1) is 0 Å². The standard InChI is InChI=1S/C11H12BrNO2/c1-11(7-15-6-10(14)13-11)8-2-4-9(12)5-3-8/h2-5H,6-7H2,1H3,(H,13,14). The number of halogens is 1. The Kier molecular flexibility index (Phi) is 2.80. The van der Waals surface area contributed by atoms with Crippen molar-refractivity contribution in [2.45, 2.75) is 12.5 Å². The van der Waals surface area contributed by atoms with Crippen LogP contribution < -0.4 is 5.32 Å². The van der Waals surface area contributed by atoms with Crippen LogP contribution in [0.15, 0.2) is 28.7 Å². The van der Waals surface area contributed by atoms with Crippen LogP contribution in [-0.2, 0) is 15.1 Å². The Bertz CT molecular complexity index is 377. The number of benzene rings is 1. The molecule has 15 heavy (non-hydrogen) atoms. The number of hydrogen-bond acceptors (Lipinski definition) is 2. The Labute approximate surface area is 96.9 Å². The first kappa shape index (κ1) is 10.6. The maximum absolute atomic E-state index is 11.3. The maximum Gasteiger partial charge on any atom is 0.246 e. The van der Waals surface area contributed by atoms with Gasteiger partial charge in [0.05, 0.1) is 12.1 Å². The Morgan fingerprint density at radius 1 is 1.40 bits per heavy atom. The second-order valence-electron chi connectivity index (χ2n) is 3.88. The van der Waals surface area contributed by atoms with E-state index in [4.69, 9.17) is 4.74 Å². The van der Waals surface area contributed by atoms with E-state index in [-0.39, 0.29) is 12.5 Å². The molecule has 0 bridgehead atoms. The van der Waals surface area contributed by atoms with E-state index in [0.717, 1.165) is 10.0 Å². The first-order valence-corrected chi connectivity index (χ1v) is 5.54. The van der Waals surface area contributed by atoms with E-state index in [0.29, 0.717) is 6.61 Å². The molecule has 1 aliphatic heterocycles. The third-order valence-electron chi connectivity index (χ3n) is 2.52. The first-order chi connectivity index (χ1) is 7.10. The third kappa shape index (κ3) is 2.21. The highest BCUT2D eigenvalue weighted by Crippen LogP contribution is 2.24. The van der Waals surface area contributed by atoms with Crippen molar-refractivity contribution in [3.8, 4) is 0 Å². The summed E-state index contributed by atoms with van der Waals surface area (Å²) in [6, 6.07) is 7.89. The summed E-state index contributed by atoms with van der Waals surface area (Å²) in [5, 5.41) is 2.95. The molecule has 1 aliphatic rings. The number of nitrogens with one attached hydrogen (secondary N) is 1. The molecule has 0 spiro atoms. The molecule has 0 aliphatic carbocycles. The van der Waals surface area contributed by atoms with E-state index in [1.165, 1.54) is 0 Å². The van der Waals surface area contributed by atoms with Crippen LogP contribution in [-0.4, -0.2) is 19.1 Å². The van der Waals surface area contributed by atoms with Gasteiger partial charge in [0.1, 0.15) is 6.61 Å². The number of carbonyl (C=O) groups excluding carboxylic acids is 1. The average molecular weight is 270 g/mol. The van der Waals surface area contributed by atoms with E-state index >= 15 is 0 Å². The van der Waals surface area contributed by atoms with Gasteiger partial charge in [-0.05, 0) is 24.6 Å². The molecule has 0 aromatic heterocycles. The summed E-state index contributed by atoms with van der Waals surface area (Å²) in [4.78, 5) is 11.3. The minimum absolute atomic E-state index is 0.0633. The predicted octanol–water partition coefficient (Wildman–Crippen LogP) is 1.81. The van der Waals surface area contributed by atoms with Crippen molar-refractivity contribution in [3.05, 3.63) is 34.3 Å². The maximum atomic E-state index is 11.3. The van der Waals surface area contributed by atoms with Crippen LogP contribution in [0.25, 0.3) is 0 Å². The predicted molar refractivity (Wildman–Crippen MR) is 60.5 cm³/mol. The summed E-state index contributed by atoms with van der Waals surface area (Å²) in [6.45, 7) is 2.64. The van der Waals surface area contributed by atoms with Gasteiger partial charge in [0, 0.05) is 4.47 Å². The Morgan fingerprint density at radius 2 is 2.07 bits per heavy atom. The molecule has 1 amide bonds. The summed E-state index contributed by atoms with van der Waals surface area (Å²) in [6.07, 6.45) is 0. The number of rotatable bonds is 1. The molecule has 2 rings (SSSR count). The minimum Gasteiger partial charge on any atom is -0.369 e. The van der Waals surface area contributed by atoms with E-state index in [2.05, 4.69) is 21.2 Å². The Hall–Kier alpha value is -0.870. The van der Waals surface area contributed by atoms with Crippen molar-refractivity contribution in [2.24, 2.45) is 0 Å². The van der Waals surface area contributed by atoms with E-state index in [9.17, 15) is 4.79 Å². The molecule has 1 N–H and O–H groups in total. The van der Waals surface area contributed by atoms with Crippen LogP contribution in [0.4, 0.5) is 0 Å². The first-order valence-electron chi connectivity index (χ1n) is 4.75. The van der Waals surface area contributed by atoms with Crippen molar-refractivity contribution >= 4 is 21.8 Å². The van der Waals surface area contributed by atoms with Gasteiger partial charge in [-0.1, -0.05) is 28.1 Å². The molecule has 0 radical (unpaired) electrons. The SMILES string of the molecule is CC1(c2ccc(Br)cc2)COCC(=O)N1. The van der Waals surface area contributed by atoms with E-state index in [1.807, 2.05) is 31.2 Å². The molecule has 80 valence electrons. The van der Waals surface area contributed by atoms with Gasteiger partial charge in [-0.3, -0.25) is 4.79 Å². The van der Waals surface area contributed by atoms with Crippen LogP contribution in [0.5, 0.6) is 0 Å². The fraction of sp³-hybridized carbons (Fsp3) is 0.364. The topological polar surface area (TPSA) is 38.3 Å². The molecule has 1 heterocycles. The van der Waals surface area contributed by atoms with Gasteiger partial charge in [-0.2, -0.15) is 0 Å². The molecule has 1 unspecified atom stereocenters. The second kappa shape index (κ2) is 3.94. The molecule has 1 fully saturated rings. The van der Waals surface area contributed by atoms with Crippen molar-refractivity contribution in [1.82, 2.24) is 5.32 Å². The monoisotopic (exact) mass is 269 g/mol. The summed E-state index contributed by atoms with van der Waals surface area (Å²) < 4.78 is 6.28. The van der Waals surface area contributed by atoms with Crippen molar-refractivity contribution < 1.29 is 9.53 Å². The van der Waals surface area contributed by atoms with Crippen LogP contribution in [0.1, 0.15) is 12.5 Å². The molecule has 0 saturated carbocycles. The van der Waals surface area contributed by atoms with Gasteiger partial charge in [-0.15, -0.1) is 0 Å². The summed E-state index contributed by atoms with van der Waals surface area (Å²) in [5.41, 5.74) is 0.648. The van der Waals surface area contributed by atoms with Crippen molar-refractivity contribution in [2.75, 3.05) is 13.2 Å². The second-order valence-corrected chi connectivity index (χ2v) is 4.80. The number of morpholine rings is 1. The smallest absolute Gasteiger partial charge is 0.246 e. The third-order valence-corrected chi connectivity index (χ3v) is 3.05. The largest absolute Gasteiger partial charge is 0.369 e.